The summed E-state index contributed by atoms with van der Waals surface area (Å²) in [6.45, 7) is 4.84. The van der Waals surface area contributed by atoms with Gasteiger partial charge >= 0.3 is 0 Å². The Morgan fingerprint density at radius 3 is 2.55 bits per heavy atom. The Balaban J connectivity index is 2.78. The molecule has 0 radical (unpaired) electrons. The average Bonchev–Trinajstić information content (AvgIpc) is 2.45. The minimum atomic E-state index is -0.316. The largest absolute Gasteiger partial charge is 0.494 e. The number of likely N-dealkylation sites (N-methyl/N-ethyl adjacent to an activating group) is 1. The molecule has 3 nitrogen and oxygen atoms in total. The topological polar surface area (TPSA) is 30.5 Å². The van der Waals surface area contributed by atoms with Crippen LogP contribution < -0.4 is 10.1 Å². The molecule has 1 aromatic carbocycles. The molecule has 0 heterocycles. The van der Waals surface area contributed by atoms with Gasteiger partial charge in [0, 0.05) is 12.6 Å². The fourth-order valence-corrected chi connectivity index (χ4v) is 2.41. The lowest BCUT2D eigenvalue weighted by atomic mass is 9.98. The summed E-state index contributed by atoms with van der Waals surface area (Å²) < 4.78 is 24.5. The highest BCUT2D eigenvalue weighted by Crippen LogP contribution is 2.20. The van der Waals surface area contributed by atoms with Crippen molar-refractivity contribution in [3.8, 4) is 5.75 Å². The second-order valence-electron chi connectivity index (χ2n) is 4.85. The van der Waals surface area contributed by atoms with E-state index in [9.17, 15) is 4.39 Å². The van der Waals surface area contributed by atoms with Gasteiger partial charge in [-0.1, -0.05) is 19.4 Å². The molecule has 1 aromatic rings. The van der Waals surface area contributed by atoms with E-state index in [1.165, 1.54) is 13.2 Å². The number of rotatable bonds is 9. The zero-order chi connectivity index (χ0) is 15.0. The quantitative estimate of drug-likeness (QED) is 0.755. The van der Waals surface area contributed by atoms with E-state index in [0.29, 0.717) is 6.61 Å². The maximum absolute atomic E-state index is 13.7. The van der Waals surface area contributed by atoms with Gasteiger partial charge in [0.25, 0.3) is 0 Å². The Morgan fingerprint density at radius 1 is 1.30 bits per heavy atom. The molecule has 2 unspecified atom stereocenters. The Bertz CT molecular complexity index is 392. The highest BCUT2D eigenvalue weighted by Gasteiger charge is 2.20. The number of nitrogens with one attached hydrogen (secondary N) is 1. The molecule has 0 aliphatic carbocycles. The molecule has 0 spiro atoms. The number of benzene rings is 1. The van der Waals surface area contributed by atoms with Crippen LogP contribution in [0.5, 0.6) is 5.75 Å². The zero-order valence-corrected chi connectivity index (χ0v) is 12.9. The zero-order valence-electron chi connectivity index (χ0n) is 12.9. The maximum Gasteiger partial charge on any atom is 0.165 e. The van der Waals surface area contributed by atoms with Gasteiger partial charge in [-0.2, -0.15) is 0 Å². The highest BCUT2D eigenvalue weighted by atomic mass is 19.1. The molecule has 0 fully saturated rings. The molecule has 4 heteroatoms. The summed E-state index contributed by atoms with van der Waals surface area (Å²) in [5, 5.41) is 3.29. The summed E-state index contributed by atoms with van der Waals surface area (Å²) in [5.41, 5.74) is 0.948. The van der Waals surface area contributed by atoms with Crippen LogP contribution in [0.2, 0.25) is 0 Å². The van der Waals surface area contributed by atoms with Gasteiger partial charge in [-0.15, -0.1) is 0 Å². The van der Waals surface area contributed by atoms with E-state index in [0.717, 1.165) is 24.8 Å². The van der Waals surface area contributed by atoms with Gasteiger partial charge in [-0.25, -0.2) is 4.39 Å². The summed E-state index contributed by atoms with van der Waals surface area (Å²) in [7, 11) is 3.40. The SMILES string of the molecule is CCCC(OCC)C(Cc1ccc(OC)c(F)c1)NC. The van der Waals surface area contributed by atoms with Gasteiger partial charge in [0.05, 0.1) is 13.2 Å². The Morgan fingerprint density at radius 2 is 2.05 bits per heavy atom. The van der Waals surface area contributed by atoms with Crippen molar-refractivity contribution in [1.82, 2.24) is 5.32 Å². The molecular weight excluding hydrogens is 257 g/mol. The highest BCUT2D eigenvalue weighted by molar-refractivity contribution is 5.29. The Hall–Kier alpha value is -1.13. The third-order valence-corrected chi connectivity index (χ3v) is 3.45. The number of halogens is 1. The molecule has 0 saturated carbocycles. The van der Waals surface area contributed by atoms with Gasteiger partial charge in [0.2, 0.25) is 0 Å². The van der Waals surface area contributed by atoms with Gasteiger partial charge < -0.3 is 14.8 Å². The third kappa shape index (κ3) is 4.76. The maximum atomic E-state index is 13.7. The summed E-state index contributed by atoms with van der Waals surface area (Å²) in [6, 6.07) is 5.30. The first kappa shape index (κ1) is 16.9. The molecule has 1 rings (SSSR count). The van der Waals surface area contributed by atoms with Crippen LogP contribution in [0.25, 0.3) is 0 Å². The first-order chi connectivity index (χ1) is 9.65. The minimum absolute atomic E-state index is 0.153. The lowest BCUT2D eigenvalue weighted by Crippen LogP contribution is -2.41. The fraction of sp³-hybridized carbons (Fsp3) is 0.625. The van der Waals surface area contributed by atoms with Crippen molar-refractivity contribution >= 4 is 0 Å². The molecular formula is C16H26FNO2. The molecule has 0 saturated heterocycles. The first-order valence-electron chi connectivity index (χ1n) is 7.27. The van der Waals surface area contributed by atoms with Crippen molar-refractivity contribution in [2.45, 2.75) is 45.3 Å². The number of ether oxygens (including phenoxy) is 2. The van der Waals surface area contributed by atoms with Crippen molar-refractivity contribution in [2.24, 2.45) is 0 Å². The van der Waals surface area contributed by atoms with Crippen molar-refractivity contribution < 1.29 is 13.9 Å². The van der Waals surface area contributed by atoms with Gasteiger partial charge in [-0.05, 0) is 44.5 Å². The van der Waals surface area contributed by atoms with Crippen LogP contribution in [0.3, 0.4) is 0 Å². The minimum Gasteiger partial charge on any atom is -0.494 e. The first-order valence-corrected chi connectivity index (χ1v) is 7.27. The predicted octanol–water partition coefficient (Wildman–Crippen LogP) is 3.17. The summed E-state index contributed by atoms with van der Waals surface area (Å²) >= 11 is 0. The molecule has 20 heavy (non-hydrogen) atoms. The molecule has 1 N–H and O–H groups in total. The van der Waals surface area contributed by atoms with Gasteiger partial charge in [-0.3, -0.25) is 0 Å². The van der Waals surface area contributed by atoms with E-state index in [4.69, 9.17) is 9.47 Å². The molecule has 0 aliphatic heterocycles. The number of hydrogen-bond acceptors (Lipinski definition) is 3. The van der Waals surface area contributed by atoms with Crippen molar-refractivity contribution in [2.75, 3.05) is 20.8 Å². The van der Waals surface area contributed by atoms with Crippen LogP contribution in [0.15, 0.2) is 18.2 Å². The van der Waals surface area contributed by atoms with Crippen molar-refractivity contribution in [3.63, 3.8) is 0 Å². The molecule has 0 aromatic heterocycles. The summed E-state index contributed by atoms with van der Waals surface area (Å²) in [4.78, 5) is 0. The van der Waals surface area contributed by atoms with Crippen molar-refractivity contribution in [3.05, 3.63) is 29.6 Å². The van der Waals surface area contributed by atoms with E-state index in [1.54, 1.807) is 6.07 Å². The van der Waals surface area contributed by atoms with Crippen LogP contribution >= 0.6 is 0 Å². The number of hydrogen-bond donors (Lipinski definition) is 1. The molecule has 2 atom stereocenters. The van der Waals surface area contributed by atoms with E-state index < -0.39 is 0 Å². The standard InChI is InChI=1S/C16H26FNO2/c1-5-7-16(20-6-2)14(18-3)11-12-8-9-15(19-4)13(17)10-12/h8-10,14,16,18H,5-7,11H2,1-4H3. The Kier molecular flexibility index (Phi) is 7.55. The third-order valence-electron chi connectivity index (χ3n) is 3.45. The van der Waals surface area contributed by atoms with Crippen LogP contribution in [-0.4, -0.2) is 32.9 Å². The van der Waals surface area contributed by atoms with E-state index in [-0.39, 0.29) is 23.7 Å². The fourth-order valence-electron chi connectivity index (χ4n) is 2.41. The second kappa shape index (κ2) is 8.93. The normalized spacial score (nSPS) is 14.1. The van der Waals surface area contributed by atoms with E-state index in [1.807, 2.05) is 20.0 Å². The van der Waals surface area contributed by atoms with Gasteiger partial charge in [0.15, 0.2) is 11.6 Å². The van der Waals surface area contributed by atoms with Crippen LogP contribution in [0, 0.1) is 5.82 Å². The molecule has 0 amide bonds. The predicted molar refractivity (Wildman–Crippen MR) is 79.8 cm³/mol. The monoisotopic (exact) mass is 283 g/mol. The molecule has 114 valence electrons. The second-order valence-corrected chi connectivity index (χ2v) is 4.85. The molecule has 0 bridgehead atoms. The average molecular weight is 283 g/mol. The van der Waals surface area contributed by atoms with Crippen LogP contribution in [0.4, 0.5) is 4.39 Å². The lowest BCUT2D eigenvalue weighted by molar-refractivity contribution is 0.0300. The van der Waals surface area contributed by atoms with Gasteiger partial charge in [0.1, 0.15) is 0 Å². The number of methoxy groups -OCH3 is 1. The van der Waals surface area contributed by atoms with Crippen LogP contribution in [0.1, 0.15) is 32.3 Å². The smallest absolute Gasteiger partial charge is 0.165 e. The summed E-state index contributed by atoms with van der Waals surface area (Å²) in [5.74, 6) is -0.0343. The summed E-state index contributed by atoms with van der Waals surface area (Å²) in [6.07, 6.45) is 2.96. The molecule has 0 aliphatic rings. The van der Waals surface area contributed by atoms with E-state index >= 15 is 0 Å². The van der Waals surface area contributed by atoms with Crippen molar-refractivity contribution in [1.29, 1.82) is 0 Å². The Labute approximate surface area is 121 Å². The lowest BCUT2D eigenvalue weighted by Gasteiger charge is -2.26. The van der Waals surface area contributed by atoms with E-state index in [2.05, 4.69) is 12.2 Å². The van der Waals surface area contributed by atoms with Crippen LogP contribution in [-0.2, 0) is 11.2 Å².